The van der Waals surface area contributed by atoms with Crippen molar-refractivity contribution in [1.29, 1.82) is 0 Å². The summed E-state index contributed by atoms with van der Waals surface area (Å²) in [6.07, 6.45) is 6.53. The zero-order chi connectivity index (χ0) is 28.3. The summed E-state index contributed by atoms with van der Waals surface area (Å²) < 4.78 is 0. The SMILES string of the molecule is CC1(C(=O)N2CCC(c3ccc(Cc4ccc5c6c(cccc46)C(=O)N5C4CCC(=O)NC4=O)cc3)CC2)CCC1. The zero-order valence-electron chi connectivity index (χ0n) is 23.4. The molecule has 3 aromatic carbocycles. The van der Waals surface area contributed by atoms with Crippen LogP contribution in [0.5, 0.6) is 0 Å². The van der Waals surface area contributed by atoms with Crippen LogP contribution in [0.25, 0.3) is 10.8 Å². The molecule has 3 aliphatic heterocycles. The summed E-state index contributed by atoms with van der Waals surface area (Å²) in [7, 11) is 0. The van der Waals surface area contributed by atoms with Crippen molar-refractivity contribution in [1.82, 2.24) is 10.2 Å². The molecule has 3 fully saturated rings. The van der Waals surface area contributed by atoms with E-state index in [1.165, 1.54) is 17.5 Å². The van der Waals surface area contributed by atoms with Gasteiger partial charge in [-0.2, -0.15) is 0 Å². The summed E-state index contributed by atoms with van der Waals surface area (Å²) in [5.41, 5.74) is 4.90. The summed E-state index contributed by atoms with van der Waals surface area (Å²) in [4.78, 5) is 54.3. The topological polar surface area (TPSA) is 86.8 Å². The van der Waals surface area contributed by atoms with E-state index in [9.17, 15) is 19.2 Å². The first-order chi connectivity index (χ1) is 19.8. The van der Waals surface area contributed by atoms with Crippen LogP contribution in [0.15, 0.2) is 54.6 Å². The molecule has 3 heterocycles. The number of hydrogen-bond acceptors (Lipinski definition) is 4. The van der Waals surface area contributed by atoms with Gasteiger partial charge in [-0.15, -0.1) is 0 Å². The minimum absolute atomic E-state index is 0.117. The van der Waals surface area contributed by atoms with Crippen molar-refractivity contribution in [3.63, 3.8) is 0 Å². The Balaban J connectivity index is 1.07. The quantitative estimate of drug-likeness (QED) is 0.449. The maximum absolute atomic E-state index is 13.4. The van der Waals surface area contributed by atoms with Crippen LogP contribution in [0, 0.1) is 5.41 Å². The van der Waals surface area contributed by atoms with Crippen LogP contribution in [0.1, 0.15) is 84.8 Å². The third-order valence-corrected chi connectivity index (χ3v) is 9.94. The fraction of sp³-hybridized carbons (Fsp3) is 0.412. The third kappa shape index (κ3) is 4.33. The van der Waals surface area contributed by atoms with Gasteiger partial charge in [-0.3, -0.25) is 29.4 Å². The lowest BCUT2D eigenvalue weighted by atomic mass is 9.69. The van der Waals surface area contributed by atoms with E-state index in [1.807, 2.05) is 24.3 Å². The van der Waals surface area contributed by atoms with Crippen LogP contribution in [0.2, 0.25) is 0 Å². The fourth-order valence-corrected chi connectivity index (χ4v) is 7.30. The van der Waals surface area contributed by atoms with Crippen LogP contribution in [-0.2, 0) is 20.8 Å². The van der Waals surface area contributed by atoms with E-state index in [4.69, 9.17) is 0 Å². The van der Waals surface area contributed by atoms with Gasteiger partial charge in [-0.25, -0.2) is 0 Å². The molecule has 2 saturated heterocycles. The first-order valence-corrected chi connectivity index (χ1v) is 14.9. The number of nitrogens with one attached hydrogen (secondary N) is 1. The standard InChI is InChI=1S/C34H35N3O4/c1-34(16-3-17-34)33(41)36-18-14-23(15-19-36)22-8-6-21(7-9-22)20-24-10-11-27-30-25(24)4-2-5-26(30)32(40)37(27)28-12-13-29(38)35-31(28)39/h2,4-11,23,28H,3,12-20H2,1H3,(H,35,38,39). The molecule has 0 spiro atoms. The number of likely N-dealkylation sites (tertiary alicyclic amines) is 1. The molecule has 1 N–H and O–H groups in total. The Bertz CT molecular complexity index is 1580. The molecule has 0 aromatic heterocycles. The summed E-state index contributed by atoms with van der Waals surface area (Å²) in [5, 5.41) is 4.29. The van der Waals surface area contributed by atoms with Crippen molar-refractivity contribution in [2.75, 3.05) is 18.0 Å². The smallest absolute Gasteiger partial charge is 0.259 e. The lowest BCUT2D eigenvalue weighted by Gasteiger charge is -2.43. The van der Waals surface area contributed by atoms with Crippen molar-refractivity contribution in [3.05, 3.63) is 76.9 Å². The molecule has 0 bridgehead atoms. The lowest BCUT2D eigenvalue weighted by molar-refractivity contribution is -0.147. The summed E-state index contributed by atoms with van der Waals surface area (Å²) in [6.45, 7) is 3.81. The van der Waals surface area contributed by atoms with Gasteiger partial charge in [0, 0.05) is 35.9 Å². The molecule has 4 aliphatic rings. The predicted octanol–water partition coefficient (Wildman–Crippen LogP) is 5.09. The molecular weight excluding hydrogens is 514 g/mol. The van der Waals surface area contributed by atoms with Gasteiger partial charge in [0.15, 0.2) is 0 Å². The Morgan fingerprint density at radius 1 is 0.951 bits per heavy atom. The second-order valence-corrected chi connectivity index (χ2v) is 12.5. The van der Waals surface area contributed by atoms with Crippen molar-refractivity contribution < 1.29 is 19.2 Å². The highest BCUT2D eigenvalue weighted by atomic mass is 16.2. The second kappa shape index (κ2) is 9.82. The Hall–Kier alpha value is -4.00. The molecular formula is C34H35N3O4. The molecule has 1 aliphatic carbocycles. The van der Waals surface area contributed by atoms with Crippen molar-refractivity contribution >= 4 is 40.1 Å². The number of nitrogens with zero attached hydrogens (tertiary/aromatic N) is 2. The molecule has 7 heteroatoms. The second-order valence-electron chi connectivity index (χ2n) is 12.5. The highest BCUT2D eigenvalue weighted by molar-refractivity contribution is 6.27. The van der Waals surface area contributed by atoms with Crippen LogP contribution in [-0.4, -0.2) is 47.7 Å². The van der Waals surface area contributed by atoms with E-state index in [1.54, 1.807) is 4.90 Å². The van der Waals surface area contributed by atoms with Crippen LogP contribution in [0.3, 0.4) is 0 Å². The van der Waals surface area contributed by atoms with E-state index in [-0.39, 0.29) is 23.7 Å². The Labute approximate surface area is 239 Å². The van der Waals surface area contributed by atoms with E-state index >= 15 is 0 Å². The van der Waals surface area contributed by atoms with Crippen molar-refractivity contribution in [3.8, 4) is 0 Å². The number of imide groups is 1. The van der Waals surface area contributed by atoms with Crippen LogP contribution >= 0.6 is 0 Å². The fourth-order valence-electron chi connectivity index (χ4n) is 7.30. The molecule has 210 valence electrons. The average Bonchev–Trinajstić information content (AvgIpc) is 3.25. The Morgan fingerprint density at radius 3 is 2.39 bits per heavy atom. The highest BCUT2D eigenvalue weighted by Gasteiger charge is 2.43. The molecule has 41 heavy (non-hydrogen) atoms. The van der Waals surface area contributed by atoms with E-state index in [0.717, 1.165) is 67.2 Å². The van der Waals surface area contributed by atoms with Gasteiger partial charge in [0.25, 0.3) is 5.91 Å². The maximum atomic E-state index is 13.4. The minimum Gasteiger partial charge on any atom is -0.342 e. The molecule has 1 saturated carbocycles. The molecule has 1 unspecified atom stereocenters. The van der Waals surface area contributed by atoms with Gasteiger partial charge in [0.05, 0.1) is 5.69 Å². The first kappa shape index (κ1) is 25.9. The number of anilines is 1. The summed E-state index contributed by atoms with van der Waals surface area (Å²) >= 11 is 0. The number of benzene rings is 3. The summed E-state index contributed by atoms with van der Waals surface area (Å²) in [6, 6.07) is 18.0. The van der Waals surface area contributed by atoms with Gasteiger partial charge >= 0.3 is 0 Å². The predicted molar refractivity (Wildman–Crippen MR) is 157 cm³/mol. The number of hydrogen-bond donors (Lipinski definition) is 1. The van der Waals surface area contributed by atoms with Crippen LogP contribution in [0.4, 0.5) is 5.69 Å². The van der Waals surface area contributed by atoms with Crippen molar-refractivity contribution in [2.45, 2.75) is 70.3 Å². The van der Waals surface area contributed by atoms with E-state index in [2.05, 4.69) is 47.5 Å². The van der Waals surface area contributed by atoms with E-state index in [0.29, 0.717) is 23.8 Å². The summed E-state index contributed by atoms with van der Waals surface area (Å²) in [5.74, 6) is -0.0604. The normalized spacial score (nSPS) is 22.2. The van der Waals surface area contributed by atoms with Gasteiger partial charge in [0.1, 0.15) is 6.04 Å². The monoisotopic (exact) mass is 549 g/mol. The molecule has 0 radical (unpaired) electrons. The van der Waals surface area contributed by atoms with Gasteiger partial charge < -0.3 is 4.90 Å². The van der Waals surface area contributed by atoms with Crippen molar-refractivity contribution in [2.24, 2.45) is 5.41 Å². The number of carbonyl (C=O) groups is 4. The molecule has 7 rings (SSSR count). The van der Waals surface area contributed by atoms with E-state index < -0.39 is 11.9 Å². The number of carbonyl (C=O) groups excluding carboxylic acids is 4. The molecule has 1 atom stereocenters. The average molecular weight is 550 g/mol. The van der Waals surface area contributed by atoms with Gasteiger partial charge in [-0.1, -0.05) is 55.8 Å². The van der Waals surface area contributed by atoms with Gasteiger partial charge in [-0.05, 0) is 78.7 Å². The van der Waals surface area contributed by atoms with Gasteiger partial charge in [0.2, 0.25) is 17.7 Å². The lowest BCUT2D eigenvalue weighted by Crippen LogP contribution is -2.53. The Morgan fingerprint density at radius 2 is 1.71 bits per heavy atom. The zero-order valence-corrected chi connectivity index (χ0v) is 23.4. The largest absolute Gasteiger partial charge is 0.342 e. The first-order valence-electron chi connectivity index (χ1n) is 14.9. The number of rotatable bonds is 5. The highest BCUT2D eigenvalue weighted by Crippen LogP contribution is 2.43. The van der Waals surface area contributed by atoms with Crippen LogP contribution < -0.4 is 10.2 Å². The molecule has 3 aromatic rings. The Kier molecular flexibility index (Phi) is 6.21. The third-order valence-electron chi connectivity index (χ3n) is 9.94. The maximum Gasteiger partial charge on any atom is 0.259 e. The molecule has 4 amide bonds. The number of amides is 4. The molecule has 7 nitrogen and oxygen atoms in total. The minimum atomic E-state index is -0.680. The number of piperidine rings is 2.